The predicted molar refractivity (Wildman–Crippen MR) is 38.3 cm³/mol. The third-order valence-corrected chi connectivity index (χ3v) is 1.64. The second-order valence-corrected chi connectivity index (χ2v) is 2.82. The number of carboxylic acids is 1. The molecule has 0 amide bonds. The van der Waals surface area contributed by atoms with Gasteiger partial charge in [-0.1, -0.05) is 0 Å². The summed E-state index contributed by atoms with van der Waals surface area (Å²) in [6.45, 7) is 2.88. The molecule has 0 aromatic rings. The molecule has 0 saturated heterocycles. The fourth-order valence-corrected chi connectivity index (χ4v) is 0.642. The number of carbonyl (C=O) groups is 2. The average molecular weight is 160 g/mol. The molecule has 1 N–H and O–H groups in total. The highest BCUT2D eigenvalue weighted by molar-refractivity contribution is 5.79. The number of carboxylic acid groups (broad SMARTS) is 1. The molecule has 0 spiro atoms. The summed E-state index contributed by atoms with van der Waals surface area (Å²) in [6, 6.07) is 0. The molecule has 0 aromatic heterocycles. The number of hydrogen-bond donors (Lipinski definition) is 1. The van der Waals surface area contributed by atoms with E-state index in [1.807, 2.05) is 0 Å². The molecule has 0 saturated carbocycles. The van der Waals surface area contributed by atoms with Crippen molar-refractivity contribution < 1.29 is 19.4 Å². The SMILES string of the molecule is COC(C=O)C(C)(C)C(=O)O. The summed E-state index contributed by atoms with van der Waals surface area (Å²) >= 11 is 0. The molecule has 4 heteroatoms. The number of methoxy groups -OCH3 is 1. The largest absolute Gasteiger partial charge is 0.481 e. The van der Waals surface area contributed by atoms with Crippen LogP contribution in [0.1, 0.15) is 13.8 Å². The zero-order valence-corrected chi connectivity index (χ0v) is 6.83. The lowest BCUT2D eigenvalue weighted by Gasteiger charge is -2.24. The van der Waals surface area contributed by atoms with Crippen LogP contribution in [0.15, 0.2) is 0 Å². The highest BCUT2D eigenvalue weighted by Crippen LogP contribution is 2.21. The Hall–Kier alpha value is -0.900. The smallest absolute Gasteiger partial charge is 0.312 e. The molecule has 0 heterocycles. The standard InChI is InChI=1S/C7H12O4/c1-7(2,6(9)10)5(4-8)11-3/h4-5H,1-3H3,(H,9,10). The maximum absolute atomic E-state index is 10.5. The van der Waals surface area contributed by atoms with Gasteiger partial charge in [0.15, 0.2) is 0 Å². The van der Waals surface area contributed by atoms with E-state index in [0.29, 0.717) is 6.29 Å². The molecule has 0 aromatic carbocycles. The quantitative estimate of drug-likeness (QED) is 0.601. The van der Waals surface area contributed by atoms with Crippen LogP contribution in [0.25, 0.3) is 0 Å². The molecular weight excluding hydrogens is 148 g/mol. The fraction of sp³-hybridized carbons (Fsp3) is 0.714. The van der Waals surface area contributed by atoms with Crippen LogP contribution in [0.4, 0.5) is 0 Å². The lowest BCUT2D eigenvalue weighted by atomic mass is 9.87. The zero-order valence-electron chi connectivity index (χ0n) is 6.83. The van der Waals surface area contributed by atoms with Crippen molar-refractivity contribution in [2.24, 2.45) is 5.41 Å². The Kier molecular flexibility index (Phi) is 3.19. The van der Waals surface area contributed by atoms with Crippen molar-refractivity contribution in [3.63, 3.8) is 0 Å². The summed E-state index contributed by atoms with van der Waals surface area (Å²) in [5.74, 6) is -1.04. The maximum atomic E-state index is 10.5. The van der Waals surface area contributed by atoms with E-state index < -0.39 is 17.5 Å². The van der Waals surface area contributed by atoms with Gasteiger partial charge in [0.05, 0.1) is 5.41 Å². The van der Waals surface area contributed by atoms with Crippen molar-refractivity contribution in [3.8, 4) is 0 Å². The third kappa shape index (κ3) is 2.01. The first-order chi connectivity index (χ1) is 4.96. The van der Waals surface area contributed by atoms with Gasteiger partial charge in [0.25, 0.3) is 0 Å². The van der Waals surface area contributed by atoms with Crippen LogP contribution in [0.5, 0.6) is 0 Å². The number of aliphatic carboxylic acids is 1. The van der Waals surface area contributed by atoms with Gasteiger partial charge in [-0.05, 0) is 13.8 Å². The Balaban J connectivity index is 4.49. The van der Waals surface area contributed by atoms with Crippen molar-refractivity contribution in [2.45, 2.75) is 20.0 Å². The van der Waals surface area contributed by atoms with Gasteiger partial charge in [-0.25, -0.2) is 0 Å². The highest BCUT2D eigenvalue weighted by atomic mass is 16.5. The molecule has 11 heavy (non-hydrogen) atoms. The summed E-state index contributed by atoms with van der Waals surface area (Å²) in [4.78, 5) is 20.8. The topological polar surface area (TPSA) is 63.6 Å². The van der Waals surface area contributed by atoms with Gasteiger partial charge in [-0.3, -0.25) is 4.79 Å². The third-order valence-electron chi connectivity index (χ3n) is 1.64. The lowest BCUT2D eigenvalue weighted by molar-refractivity contribution is -0.157. The van der Waals surface area contributed by atoms with E-state index in [2.05, 4.69) is 4.74 Å². The van der Waals surface area contributed by atoms with E-state index in [4.69, 9.17) is 5.11 Å². The van der Waals surface area contributed by atoms with Crippen LogP contribution in [0.2, 0.25) is 0 Å². The van der Waals surface area contributed by atoms with E-state index in [1.54, 1.807) is 0 Å². The number of rotatable bonds is 4. The van der Waals surface area contributed by atoms with Gasteiger partial charge in [0, 0.05) is 7.11 Å². The molecule has 0 rings (SSSR count). The van der Waals surface area contributed by atoms with Crippen LogP contribution < -0.4 is 0 Å². The number of ether oxygens (including phenoxy) is 1. The first-order valence-corrected chi connectivity index (χ1v) is 3.18. The highest BCUT2D eigenvalue weighted by Gasteiger charge is 2.36. The van der Waals surface area contributed by atoms with Gasteiger partial charge in [0.1, 0.15) is 12.4 Å². The second-order valence-electron chi connectivity index (χ2n) is 2.82. The summed E-state index contributed by atoms with van der Waals surface area (Å²) in [5.41, 5.74) is -1.16. The molecule has 0 bridgehead atoms. The van der Waals surface area contributed by atoms with Crippen LogP contribution in [-0.4, -0.2) is 30.6 Å². The van der Waals surface area contributed by atoms with Crippen LogP contribution in [-0.2, 0) is 14.3 Å². The molecule has 0 fully saturated rings. The van der Waals surface area contributed by atoms with Crippen molar-refractivity contribution in [3.05, 3.63) is 0 Å². The minimum atomic E-state index is -1.16. The monoisotopic (exact) mass is 160 g/mol. The van der Waals surface area contributed by atoms with Crippen LogP contribution >= 0.6 is 0 Å². The maximum Gasteiger partial charge on any atom is 0.312 e. The van der Waals surface area contributed by atoms with Gasteiger partial charge in [-0.2, -0.15) is 0 Å². The Labute approximate surface area is 65.2 Å². The minimum Gasteiger partial charge on any atom is -0.481 e. The minimum absolute atomic E-state index is 0.494. The van der Waals surface area contributed by atoms with Crippen LogP contribution in [0, 0.1) is 5.41 Å². The van der Waals surface area contributed by atoms with Crippen molar-refractivity contribution in [2.75, 3.05) is 7.11 Å². The van der Waals surface area contributed by atoms with E-state index in [0.717, 1.165) is 0 Å². The number of hydrogen-bond acceptors (Lipinski definition) is 3. The summed E-state index contributed by atoms with van der Waals surface area (Å²) in [5, 5.41) is 8.64. The normalized spacial score (nSPS) is 14.1. The predicted octanol–water partition coefficient (Wildman–Crippen LogP) is 0.311. The van der Waals surface area contributed by atoms with Gasteiger partial charge < -0.3 is 14.6 Å². The zero-order chi connectivity index (χ0) is 9.07. The molecule has 0 radical (unpaired) electrons. The fourth-order valence-electron chi connectivity index (χ4n) is 0.642. The molecule has 1 unspecified atom stereocenters. The Morgan fingerprint density at radius 3 is 2.18 bits per heavy atom. The molecular formula is C7H12O4. The summed E-state index contributed by atoms with van der Waals surface area (Å²) in [7, 11) is 1.31. The molecule has 0 aliphatic heterocycles. The van der Waals surface area contributed by atoms with Crippen LogP contribution in [0.3, 0.4) is 0 Å². The van der Waals surface area contributed by atoms with E-state index in [1.165, 1.54) is 21.0 Å². The first kappa shape index (κ1) is 10.1. The Morgan fingerprint density at radius 1 is 1.64 bits per heavy atom. The van der Waals surface area contributed by atoms with Gasteiger partial charge in [0.2, 0.25) is 0 Å². The molecule has 64 valence electrons. The van der Waals surface area contributed by atoms with E-state index in [-0.39, 0.29) is 0 Å². The average Bonchev–Trinajstić information content (AvgIpc) is 1.89. The molecule has 0 aliphatic carbocycles. The van der Waals surface area contributed by atoms with Crippen molar-refractivity contribution >= 4 is 12.3 Å². The molecule has 0 aliphatic rings. The lowest BCUT2D eigenvalue weighted by Crippen LogP contribution is -2.39. The summed E-state index contributed by atoms with van der Waals surface area (Å²) < 4.78 is 4.68. The first-order valence-electron chi connectivity index (χ1n) is 3.18. The number of carbonyl (C=O) groups excluding carboxylic acids is 1. The van der Waals surface area contributed by atoms with Gasteiger partial charge >= 0.3 is 5.97 Å². The Morgan fingerprint density at radius 2 is 2.09 bits per heavy atom. The second kappa shape index (κ2) is 3.48. The van der Waals surface area contributed by atoms with Crippen molar-refractivity contribution in [1.82, 2.24) is 0 Å². The molecule has 4 nitrogen and oxygen atoms in total. The van der Waals surface area contributed by atoms with E-state index >= 15 is 0 Å². The Bertz CT molecular complexity index is 162. The van der Waals surface area contributed by atoms with E-state index in [9.17, 15) is 9.59 Å². The molecule has 1 atom stereocenters. The van der Waals surface area contributed by atoms with Gasteiger partial charge in [-0.15, -0.1) is 0 Å². The number of aldehydes is 1. The summed E-state index contributed by atoms with van der Waals surface area (Å²) in [6.07, 6.45) is -0.395. The van der Waals surface area contributed by atoms with Crippen molar-refractivity contribution in [1.29, 1.82) is 0 Å².